The minimum atomic E-state index is 0.879. The SMILES string of the molecule is c1ccc2cc3c(cc2c1)oc1c(-c2ccc4c(c2)oc2ccccc24)ccc(-c2ccc4ccc5cccc6ccc2c4c56)c13. The minimum Gasteiger partial charge on any atom is -0.456 e. The van der Waals surface area contributed by atoms with E-state index in [1.54, 1.807) is 0 Å². The monoisotopic (exact) mass is 584 g/mol. The van der Waals surface area contributed by atoms with Crippen molar-refractivity contribution in [1.29, 1.82) is 0 Å². The third-order valence-corrected chi connectivity index (χ3v) is 10.00. The van der Waals surface area contributed by atoms with E-state index in [1.807, 2.05) is 12.1 Å². The highest BCUT2D eigenvalue weighted by atomic mass is 16.3. The van der Waals surface area contributed by atoms with E-state index in [1.165, 1.54) is 54.2 Å². The van der Waals surface area contributed by atoms with Crippen molar-refractivity contribution in [2.75, 3.05) is 0 Å². The van der Waals surface area contributed by atoms with Crippen molar-refractivity contribution in [2.24, 2.45) is 0 Å². The Morgan fingerprint density at radius 1 is 0.304 bits per heavy atom. The molecule has 0 bridgehead atoms. The summed E-state index contributed by atoms with van der Waals surface area (Å²) in [5.41, 5.74) is 8.08. The molecule has 0 atom stereocenters. The maximum Gasteiger partial charge on any atom is 0.143 e. The lowest BCUT2D eigenvalue weighted by Crippen LogP contribution is -1.89. The Kier molecular flexibility index (Phi) is 4.61. The molecule has 11 rings (SSSR count). The fourth-order valence-corrected chi connectivity index (χ4v) is 7.88. The number of benzene rings is 9. The van der Waals surface area contributed by atoms with Crippen LogP contribution in [0.4, 0.5) is 0 Å². The van der Waals surface area contributed by atoms with Crippen molar-refractivity contribution in [3.05, 3.63) is 146 Å². The predicted octanol–water partition coefficient (Wildman–Crippen LogP) is 12.9. The van der Waals surface area contributed by atoms with Crippen molar-refractivity contribution in [3.8, 4) is 22.3 Å². The van der Waals surface area contributed by atoms with Crippen molar-refractivity contribution >= 4 is 87.0 Å². The van der Waals surface area contributed by atoms with Gasteiger partial charge in [-0.1, -0.05) is 109 Å². The number of para-hydroxylation sites is 1. The van der Waals surface area contributed by atoms with Gasteiger partial charge in [0.05, 0.1) is 0 Å². The predicted molar refractivity (Wildman–Crippen MR) is 193 cm³/mol. The molecule has 0 aliphatic carbocycles. The van der Waals surface area contributed by atoms with Gasteiger partial charge in [-0.2, -0.15) is 0 Å². The van der Waals surface area contributed by atoms with Crippen LogP contribution in [-0.2, 0) is 0 Å². The Labute approximate surface area is 263 Å². The zero-order valence-electron chi connectivity index (χ0n) is 24.7. The van der Waals surface area contributed by atoms with Crippen LogP contribution in [0.1, 0.15) is 0 Å². The van der Waals surface area contributed by atoms with Gasteiger partial charge in [-0.25, -0.2) is 0 Å². The highest BCUT2D eigenvalue weighted by Crippen LogP contribution is 2.46. The van der Waals surface area contributed by atoms with E-state index in [0.717, 1.165) is 55.0 Å². The van der Waals surface area contributed by atoms with E-state index in [9.17, 15) is 0 Å². The fraction of sp³-hybridized carbons (Fsp3) is 0. The molecule has 0 saturated carbocycles. The molecule has 46 heavy (non-hydrogen) atoms. The Morgan fingerprint density at radius 3 is 1.83 bits per heavy atom. The lowest BCUT2D eigenvalue weighted by atomic mass is 9.87. The van der Waals surface area contributed by atoms with Gasteiger partial charge in [-0.15, -0.1) is 0 Å². The summed E-state index contributed by atoms with van der Waals surface area (Å²) >= 11 is 0. The normalized spacial score (nSPS) is 12.3. The average Bonchev–Trinajstić information content (AvgIpc) is 3.67. The van der Waals surface area contributed by atoms with Gasteiger partial charge in [0.1, 0.15) is 22.3 Å². The Bertz CT molecular complexity index is 3010. The summed E-state index contributed by atoms with van der Waals surface area (Å²) in [4.78, 5) is 0. The second-order valence-corrected chi connectivity index (χ2v) is 12.4. The molecule has 0 aliphatic heterocycles. The van der Waals surface area contributed by atoms with Crippen molar-refractivity contribution < 1.29 is 8.83 Å². The molecule has 0 aliphatic rings. The topological polar surface area (TPSA) is 26.3 Å². The molecule has 0 amide bonds. The molecule has 0 unspecified atom stereocenters. The van der Waals surface area contributed by atoms with E-state index in [-0.39, 0.29) is 0 Å². The number of furan rings is 2. The van der Waals surface area contributed by atoms with E-state index in [0.29, 0.717) is 0 Å². The summed E-state index contributed by atoms with van der Waals surface area (Å²) in [6.45, 7) is 0. The molecule has 2 aromatic heterocycles. The summed E-state index contributed by atoms with van der Waals surface area (Å²) in [5.74, 6) is 0. The summed E-state index contributed by atoms with van der Waals surface area (Å²) in [7, 11) is 0. The van der Waals surface area contributed by atoms with E-state index in [4.69, 9.17) is 8.83 Å². The second kappa shape index (κ2) is 8.74. The molecule has 2 heteroatoms. The molecule has 0 spiro atoms. The lowest BCUT2D eigenvalue weighted by molar-refractivity contribution is 0.668. The quantitative estimate of drug-likeness (QED) is 0.189. The number of hydrogen-bond acceptors (Lipinski definition) is 2. The van der Waals surface area contributed by atoms with Gasteiger partial charge < -0.3 is 8.83 Å². The number of fused-ring (bicyclic) bond motifs is 7. The summed E-state index contributed by atoms with van der Waals surface area (Å²) in [6, 6.07) is 52.5. The first-order chi connectivity index (χ1) is 22.8. The number of rotatable bonds is 2. The van der Waals surface area contributed by atoms with Crippen molar-refractivity contribution in [2.45, 2.75) is 0 Å². The van der Waals surface area contributed by atoms with Crippen LogP contribution < -0.4 is 0 Å². The molecule has 0 saturated heterocycles. The van der Waals surface area contributed by atoms with E-state index >= 15 is 0 Å². The third-order valence-electron chi connectivity index (χ3n) is 10.00. The van der Waals surface area contributed by atoms with E-state index in [2.05, 4.69) is 133 Å². The highest BCUT2D eigenvalue weighted by Gasteiger charge is 2.21. The van der Waals surface area contributed by atoms with Gasteiger partial charge in [0.25, 0.3) is 0 Å². The smallest absolute Gasteiger partial charge is 0.143 e. The van der Waals surface area contributed by atoms with E-state index < -0.39 is 0 Å². The highest BCUT2D eigenvalue weighted by molar-refractivity contribution is 6.28. The lowest BCUT2D eigenvalue weighted by Gasteiger charge is -2.15. The van der Waals surface area contributed by atoms with Crippen molar-refractivity contribution in [1.82, 2.24) is 0 Å². The molecule has 11 aromatic rings. The second-order valence-electron chi connectivity index (χ2n) is 12.4. The van der Waals surface area contributed by atoms with Gasteiger partial charge in [0.15, 0.2) is 0 Å². The van der Waals surface area contributed by atoms with Gasteiger partial charge in [0.2, 0.25) is 0 Å². The standard InChI is InChI=1S/C44H24O2/c1-2-7-29-23-40-37(22-28(29)6-1)43-36(32-17-14-27-13-12-25-8-5-9-26-15-19-35(32)42(27)41(25)26)21-20-31(44(43)46-40)30-16-18-34-33-10-3-4-11-38(33)45-39(34)24-30/h1-24H. The van der Waals surface area contributed by atoms with Crippen LogP contribution in [0, 0.1) is 0 Å². The van der Waals surface area contributed by atoms with Crippen LogP contribution in [0.15, 0.2) is 154 Å². The van der Waals surface area contributed by atoms with Crippen LogP contribution in [0.5, 0.6) is 0 Å². The number of hydrogen-bond donors (Lipinski definition) is 0. The molecule has 2 heterocycles. The zero-order chi connectivity index (χ0) is 29.9. The van der Waals surface area contributed by atoms with Crippen LogP contribution in [0.25, 0.3) is 109 Å². The molecule has 212 valence electrons. The maximum atomic E-state index is 6.87. The molecule has 2 nitrogen and oxygen atoms in total. The first kappa shape index (κ1) is 24.2. The third kappa shape index (κ3) is 3.20. The Balaban J connectivity index is 1.25. The summed E-state index contributed by atoms with van der Waals surface area (Å²) in [5, 5.41) is 14.6. The molecule has 0 radical (unpaired) electrons. The molecule has 0 fully saturated rings. The summed E-state index contributed by atoms with van der Waals surface area (Å²) in [6.07, 6.45) is 0. The van der Waals surface area contributed by atoms with Crippen LogP contribution in [-0.4, -0.2) is 0 Å². The Hall–Kier alpha value is -6.12. The molecule has 0 N–H and O–H groups in total. The Morgan fingerprint density at radius 2 is 0.935 bits per heavy atom. The molecule has 9 aromatic carbocycles. The molecular weight excluding hydrogens is 560 g/mol. The summed E-state index contributed by atoms with van der Waals surface area (Å²) < 4.78 is 13.2. The zero-order valence-corrected chi connectivity index (χ0v) is 24.7. The average molecular weight is 585 g/mol. The van der Waals surface area contributed by atoms with Gasteiger partial charge in [0, 0.05) is 27.1 Å². The maximum absolute atomic E-state index is 6.87. The van der Waals surface area contributed by atoms with Gasteiger partial charge >= 0.3 is 0 Å². The molecular formula is C44H24O2. The van der Waals surface area contributed by atoms with Crippen LogP contribution in [0.2, 0.25) is 0 Å². The van der Waals surface area contributed by atoms with Crippen LogP contribution in [0.3, 0.4) is 0 Å². The fourth-order valence-electron chi connectivity index (χ4n) is 7.88. The first-order valence-corrected chi connectivity index (χ1v) is 15.8. The van der Waals surface area contributed by atoms with Crippen molar-refractivity contribution in [3.63, 3.8) is 0 Å². The van der Waals surface area contributed by atoms with Crippen LogP contribution >= 0.6 is 0 Å². The largest absolute Gasteiger partial charge is 0.456 e. The minimum absolute atomic E-state index is 0.879. The van der Waals surface area contributed by atoms with Gasteiger partial charge in [-0.3, -0.25) is 0 Å². The van der Waals surface area contributed by atoms with Gasteiger partial charge in [-0.05, 0) is 96.2 Å². The first-order valence-electron chi connectivity index (χ1n) is 15.8.